The number of aromatic nitrogens is 3. The predicted molar refractivity (Wildman–Crippen MR) is 128 cm³/mol. The van der Waals surface area contributed by atoms with Gasteiger partial charge in [0.1, 0.15) is 15.7 Å². The number of rotatable bonds is 4. The molecule has 1 amide bonds. The maximum Gasteiger partial charge on any atom is 0.265 e. The zero-order valence-corrected chi connectivity index (χ0v) is 18.6. The van der Waals surface area contributed by atoms with Gasteiger partial charge >= 0.3 is 0 Å². The molecule has 6 nitrogen and oxygen atoms in total. The Morgan fingerprint density at radius 3 is 2.19 bits per heavy atom. The number of benzene rings is 2. The minimum atomic E-state index is 0.0643. The van der Waals surface area contributed by atoms with Crippen LogP contribution in [0.4, 0.5) is 5.82 Å². The van der Waals surface area contributed by atoms with Gasteiger partial charge in [0.05, 0.1) is 5.69 Å². The molecule has 160 valence electrons. The molecule has 0 atom stereocenters. The Morgan fingerprint density at radius 1 is 0.844 bits per heavy atom. The van der Waals surface area contributed by atoms with Gasteiger partial charge in [-0.2, -0.15) is 0 Å². The van der Waals surface area contributed by atoms with Crippen LogP contribution in [0.1, 0.15) is 15.4 Å². The summed E-state index contributed by atoms with van der Waals surface area (Å²) in [4.78, 5) is 31.9. The van der Waals surface area contributed by atoms with Gasteiger partial charge in [0.25, 0.3) is 5.91 Å². The lowest BCUT2D eigenvalue weighted by atomic mass is 10.2. The molecule has 0 radical (unpaired) electrons. The van der Waals surface area contributed by atoms with E-state index < -0.39 is 0 Å². The fraction of sp³-hybridized carbons (Fsp3) is 0.200. The molecule has 0 unspecified atom stereocenters. The van der Waals surface area contributed by atoms with Gasteiger partial charge in [-0.15, -0.1) is 11.3 Å². The first-order chi connectivity index (χ1) is 15.7. The lowest BCUT2D eigenvalue weighted by Gasteiger charge is -2.35. The average molecular weight is 442 g/mol. The Labute approximate surface area is 191 Å². The molecule has 2 aromatic heterocycles. The highest BCUT2D eigenvalue weighted by Crippen LogP contribution is 2.29. The topological polar surface area (TPSA) is 62.2 Å². The number of carbonyl (C=O) groups is 1. The lowest BCUT2D eigenvalue weighted by molar-refractivity contribution is 0.0750. The van der Waals surface area contributed by atoms with E-state index in [1.807, 2.05) is 78.6 Å². The molecule has 0 N–H and O–H groups in total. The van der Waals surface area contributed by atoms with Crippen LogP contribution in [-0.4, -0.2) is 51.9 Å². The normalized spacial score (nSPS) is 13.9. The van der Waals surface area contributed by atoms with E-state index in [4.69, 9.17) is 4.98 Å². The van der Waals surface area contributed by atoms with Crippen LogP contribution in [-0.2, 0) is 0 Å². The van der Waals surface area contributed by atoms with Crippen LogP contribution in [0.15, 0.2) is 72.9 Å². The highest BCUT2D eigenvalue weighted by atomic mass is 32.1. The summed E-state index contributed by atoms with van der Waals surface area (Å²) < 4.78 is 0. The Kier molecular flexibility index (Phi) is 5.64. The molecule has 4 aromatic rings. The van der Waals surface area contributed by atoms with E-state index in [0.717, 1.165) is 51.4 Å². The zero-order valence-electron chi connectivity index (χ0n) is 17.8. The summed E-state index contributed by atoms with van der Waals surface area (Å²) in [6, 6.07) is 21.9. The van der Waals surface area contributed by atoms with Crippen molar-refractivity contribution in [2.45, 2.75) is 6.92 Å². The molecule has 0 spiro atoms. The predicted octanol–water partition coefficient (Wildman–Crippen LogP) is 4.54. The van der Waals surface area contributed by atoms with Gasteiger partial charge in [-0.3, -0.25) is 4.79 Å². The Morgan fingerprint density at radius 2 is 1.50 bits per heavy atom. The molecule has 5 rings (SSSR count). The summed E-state index contributed by atoms with van der Waals surface area (Å²) in [5.41, 5.74) is 2.84. The first kappa shape index (κ1) is 20.3. The van der Waals surface area contributed by atoms with Crippen molar-refractivity contribution in [1.82, 2.24) is 19.9 Å². The first-order valence-electron chi connectivity index (χ1n) is 10.6. The second kappa shape index (κ2) is 8.88. The molecule has 1 aliphatic rings. The Bertz CT molecular complexity index is 1220. The van der Waals surface area contributed by atoms with Crippen molar-refractivity contribution in [2.75, 3.05) is 31.1 Å². The fourth-order valence-electron chi connectivity index (χ4n) is 3.83. The molecule has 1 saturated heterocycles. The van der Waals surface area contributed by atoms with Crippen molar-refractivity contribution in [3.8, 4) is 22.0 Å². The van der Waals surface area contributed by atoms with Crippen LogP contribution in [0.3, 0.4) is 0 Å². The quantitative estimate of drug-likeness (QED) is 0.465. The third-order valence-corrected chi connectivity index (χ3v) is 6.77. The summed E-state index contributed by atoms with van der Waals surface area (Å²) in [6.07, 6.45) is 1.80. The van der Waals surface area contributed by atoms with E-state index in [9.17, 15) is 4.79 Å². The van der Waals surface area contributed by atoms with Crippen molar-refractivity contribution < 1.29 is 4.79 Å². The van der Waals surface area contributed by atoms with Crippen LogP contribution < -0.4 is 4.90 Å². The number of carbonyl (C=O) groups excluding carboxylic acids is 1. The van der Waals surface area contributed by atoms with Crippen molar-refractivity contribution in [3.63, 3.8) is 0 Å². The van der Waals surface area contributed by atoms with Gasteiger partial charge in [0.2, 0.25) is 0 Å². The van der Waals surface area contributed by atoms with Crippen LogP contribution in [0, 0.1) is 6.92 Å². The van der Waals surface area contributed by atoms with Crippen LogP contribution >= 0.6 is 11.3 Å². The van der Waals surface area contributed by atoms with Gasteiger partial charge < -0.3 is 9.80 Å². The molecule has 1 aliphatic heterocycles. The largest absolute Gasteiger partial charge is 0.353 e. The molecule has 7 heteroatoms. The Hall–Kier alpha value is -3.58. The SMILES string of the molecule is Cc1nc(-c2ccccc2)sc1C(=O)N1CCN(c2ccnc(-c3ccccc3)n2)CC1. The number of hydrogen-bond acceptors (Lipinski definition) is 6. The number of aryl methyl sites for hydroxylation is 1. The number of hydrogen-bond donors (Lipinski definition) is 0. The molecule has 0 bridgehead atoms. The molecular weight excluding hydrogens is 418 g/mol. The van der Waals surface area contributed by atoms with Gasteiger partial charge in [0.15, 0.2) is 5.82 Å². The van der Waals surface area contributed by atoms with E-state index in [1.165, 1.54) is 11.3 Å². The molecule has 2 aromatic carbocycles. The van der Waals surface area contributed by atoms with E-state index in [1.54, 1.807) is 6.20 Å². The van der Waals surface area contributed by atoms with Crippen LogP contribution in [0.25, 0.3) is 22.0 Å². The van der Waals surface area contributed by atoms with Crippen molar-refractivity contribution in [3.05, 3.63) is 83.5 Å². The summed E-state index contributed by atoms with van der Waals surface area (Å²) in [7, 11) is 0. The highest BCUT2D eigenvalue weighted by Gasteiger charge is 2.26. The monoisotopic (exact) mass is 441 g/mol. The van der Waals surface area contributed by atoms with Gasteiger partial charge in [-0.05, 0) is 13.0 Å². The van der Waals surface area contributed by atoms with E-state index in [-0.39, 0.29) is 5.91 Å². The standard InChI is InChI=1S/C25H23N5OS/c1-18-22(32-24(27-18)20-10-6-3-7-11-20)25(31)30-16-14-29(15-17-30)21-12-13-26-23(28-21)19-8-4-2-5-9-19/h2-13H,14-17H2,1H3. The lowest BCUT2D eigenvalue weighted by Crippen LogP contribution is -2.49. The smallest absolute Gasteiger partial charge is 0.265 e. The summed E-state index contributed by atoms with van der Waals surface area (Å²) in [5, 5.41) is 0.888. The van der Waals surface area contributed by atoms with Crippen molar-refractivity contribution >= 4 is 23.1 Å². The average Bonchev–Trinajstić information content (AvgIpc) is 3.26. The highest BCUT2D eigenvalue weighted by molar-refractivity contribution is 7.17. The van der Waals surface area contributed by atoms with E-state index in [2.05, 4.69) is 14.9 Å². The minimum Gasteiger partial charge on any atom is -0.353 e. The van der Waals surface area contributed by atoms with Crippen LogP contribution in [0.2, 0.25) is 0 Å². The second-order valence-electron chi connectivity index (χ2n) is 7.68. The molecule has 32 heavy (non-hydrogen) atoms. The third-order valence-electron chi connectivity index (χ3n) is 5.58. The number of nitrogens with zero attached hydrogens (tertiary/aromatic N) is 5. The minimum absolute atomic E-state index is 0.0643. The maximum absolute atomic E-state index is 13.2. The number of piperazine rings is 1. The van der Waals surface area contributed by atoms with E-state index >= 15 is 0 Å². The molecule has 3 heterocycles. The van der Waals surface area contributed by atoms with Crippen LogP contribution in [0.5, 0.6) is 0 Å². The summed E-state index contributed by atoms with van der Waals surface area (Å²) >= 11 is 1.47. The van der Waals surface area contributed by atoms with Gasteiger partial charge in [0, 0.05) is 43.5 Å². The first-order valence-corrected chi connectivity index (χ1v) is 11.5. The van der Waals surface area contributed by atoms with Crippen molar-refractivity contribution in [1.29, 1.82) is 0 Å². The van der Waals surface area contributed by atoms with Gasteiger partial charge in [-0.25, -0.2) is 15.0 Å². The number of thiazole rings is 1. The Balaban J connectivity index is 1.27. The fourth-order valence-corrected chi connectivity index (χ4v) is 4.87. The number of amides is 1. The summed E-state index contributed by atoms with van der Waals surface area (Å²) in [6.45, 7) is 4.70. The van der Waals surface area contributed by atoms with Crippen molar-refractivity contribution in [2.24, 2.45) is 0 Å². The molecule has 0 saturated carbocycles. The van der Waals surface area contributed by atoms with E-state index in [0.29, 0.717) is 13.1 Å². The molecular formula is C25H23N5OS. The molecule has 0 aliphatic carbocycles. The summed E-state index contributed by atoms with van der Waals surface area (Å²) in [5.74, 6) is 1.68. The third kappa shape index (κ3) is 4.11. The maximum atomic E-state index is 13.2. The zero-order chi connectivity index (χ0) is 21.9. The van der Waals surface area contributed by atoms with Gasteiger partial charge in [-0.1, -0.05) is 60.7 Å². The number of anilines is 1. The molecule has 1 fully saturated rings. The second-order valence-corrected chi connectivity index (χ2v) is 8.68.